The van der Waals surface area contributed by atoms with E-state index in [0.717, 1.165) is 29.4 Å². The standard InChI is InChI=1S/C25H29N3O2/c1-19(2)16-24(22-8-4-3-5-9-22)27-25(30)23-17-20(18-28-14-7-13-26-28)11-12-21(23)10-6-15-29/h3-5,7-9,11-15,17,19,24H,6,10,16,18H2,1-2H3,(H,27,30). The summed E-state index contributed by atoms with van der Waals surface area (Å²) in [5.41, 5.74) is 3.62. The number of aryl methyl sites for hydroxylation is 1. The van der Waals surface area contributed by atoms with Crippen molar-refractivity contribution in [1.29, 1.82) is 0 Å². The second-order valence-corrected chi connectivity index (χ2v) is 7.97. The van der Waals surface area contributed by atoms with Gasteiger partial charge < -0.3 is 10.1 Å². The number of hydrogen-bond acceptors (Lipinski definition) is 3. The molecule has 0 aliphatic heterocycles. The molecule has 5 heteroatoms. The number of carbonyl (C=O) groups excluding carboxylic acids is 2. The summed E-state index contributed by atoms with van der Waals surface area (Å²) in [6.45, 7) is 4.90. The first-order valence-corrected chi connectivity index (χ1v) is 10.5. The molecule has 1 heterocycles. The first-order valence-electron chi connectivity index (χ1n) is 10.5. The summed E-state index contributed by atoms with van der Waals surface area (Å²) in [6.07, 6.45) is 6.33. The van der Waals surface area contributed by atoms with Gasteiger partial charge in [0.05, 0.1) is 12.6 Å². The van der Waals surface area contributed by atoms with E-state index in [1.54, 1.807) is 6.20 Å². The van der Waals surface area contributed by atoms with Crippen molar-refractivity contribution >= 4 is 12.2 Å². The van der Waals surface area contributed by atoms with E-state index in [1.165, 1.54) is 0 Å². The maximum Gasteiger partial charge on any atom is 0.252 e. The van der Waals surface area contributed by atoms with Gasteiger partial charge in [0, 0.05) is 24.4 Å². The molecular formula is C25H29N3O2. The Labute approximate surface area is 178 Å². The Morgan fingerprint density at radius 3 is 2.60 bits per heavy atom. The lowest BCUT2D eigenvalue weighted by Crippen LogP contribution is -2.30. The first kappa shape index (κ1) is 21.5. The number of carbonyl (C=O) groups is 2. The fourth-order valence-corrected chi connectivity index (χ4v) is 3.62. The van der Waals surface area contributed by atoms with Crippen molar-refractivity contribution in [2.24, 2.45) is 5.92 Å². The molecule has 30 heavy (non-hydrogen) atoms. The lowest BCUT2D eigenvalue weighted by atomic mass is 9.95. The topological polar surface area (TPSA) is 64.0 Å². The van der Waals surface area contributed by atoms with Gasteiger partial charge in [0.1, 0.15) is 6.29 Å². The zero-order chi connectivity index (χ0) is 21.3. The average molecular weight is 404 g/mol. The van der Waals surface area contributed by atoms with Gasteiger partial charge in [-0.15, -0.1) is 0 Å². The highest BCUT2D eigenvalue weighted by molar-refractivity contribution is 5.96. The van der Waals surface area contributed by atoms with Gasteiger partial charge >= 0.3 is 0 Å². The third kappa shape index (κ3) is 5.89. The number of rotatable bonds is 10. The third-order valence-corrected chi connectivity index (χ3v) is 5.07. The van der Waals surface area contributed by atoms with Gasteiger partial charge in [0.25, 0.3) is 5.91 Å². The average Bonchev–Trinajstić information content (AvgIpc) is 3.25. The monoisotopic (exact) mass is 403 g/mol. The molecule has 0 radical (unpaired) electrons. The van der Waals surface area contributed by atoms with E-state index >= 15 is 0 Å². The molecule has 0 fully saturated rings. The summed E-state index contributed by atoms with van der Waals surface area (Å²) in [6, 6.07) is 17.8. The van der Waals surface area contributed by atoms with E-state index in [2.05, 4.69) is 36.4 Å². The van der Waals surface area contributed by atoms with Gasteiger partial charge in [-0.1, -0.05) is 56.3 Å². The molecular weight excluding hydrogens is 374 g/mol. The van der Waals surface area contributed by atoms with E-state index in [9.17, 15) is 9.59 Å². The molecule has 0 saturated carbocycles. The third-order valence-electron chi connectivity index (χ3n) is 5.07. The number of amides is 1. The number of hydrogen-bond donors (Lipinski definition) is 1. The van der Waals surface area contributed by atoms with Crippen molar-refractivity contribution in [3.8, 4) is 0 Å². The van der Waals surface area contributed by atoms with Crippen molar-refractivity contribution in [3.05, 3.63) is 89.2 Å². The van der Waals surface area contributed by atoms with Crippen LogP contribution in [0.15, 0.2) is 67.0 Å². The minimum atomic E-state index is -0.104. The van der Waals surface area contributed by atoms with E-state index < -0.39 is 0 Å². The summed E-state index contributed by atoms with van der Waals surface area (Å²) in [7, 11) is 0. The minimum absolute atomic E-state index is 0.0626. The quantitative estimate of drug-likeness (QED) is 0.504. The number of aromatic nitrogens is 2. The first-order chi connectivity index (χ1) is 14.6. The number of nitrogens with one attached hydrogen (secondary N) is 1. The summed E-state index contributed by atoms with van der Waals surface area (Å²) in [5.74, 6) is 0.337. The summed E-state index contributed by atoms with van der Waals surface area (Å²) < 4.78 is 1.83. The van der Waals surface area contributed by atoms with Crippen LogP contribution in [0, 0.1) is 5.92 Å². The normalized spacial score (nSPS) is 12.0. The number of nitrogens with zero attached hydrogens (tertiary/aromatic N) is 2. The van der Waals surface area contributed by atoms with Gasteiger partial charge in [0.15, 0.2) is 0 Å². The Morgan fingerprint density at radius 2 is 1.93 bits per heavy atom. The Hall–Kier alpha value is -3.21. The van der Waals surface area contributed by atoms with Crippen LogP contribution in [0.5, 0.6) is 0 Å². The second kappa shape index (κ2) is 10.5. The highest BCUT2D eigenvalue weighted by atomic mass is 16.1. The van der Waals surface area contributed by atoms with Crippen molar-refractivity contribution in [2.75, 3.05) is 0 Å². The maximum atomic E-state index is 13.3. The van der Waals surface area contributed by atoms with Gasteiger partial charge in [-0.2, -0.15) is 5.10 Å². The van der Waals surface area contributed by atoms with E-state index in [4.69, 9.17) is 0 Å². The molecule has 3 rings (SSSR count). The SMILES string of the molecule is CC(C)CC(NC(=O)c1cc(Cn2cccn2)ccc1CCC=O)c1ccccc1. The molecule has 0 saturated heterocycles. The van der Waals surface area contributed by atoms with Crippen LogP contribution < -0.4 is 5.32 Å². The Bertz CT molecular complexity index is 950. The van der Waals surface area contributed by atoms with Crippen LogP contribution in [0.2, 0.25) is 0 Å². The molecule has 5 nitrogen and oxygen atoms in total. The van der Waals surface area contributed by atoms with Crippen molar-refractivity contribution < 1.29 is 9.59 Å². The van der Waals surface area contributed by atoms with Crippen LogP contribution >= 0.6 is 0 Å². The Morgan fingerprint density at radius 1 is 1.13 bits per heavy atom. The lowest BCUT2D eigenvalue weighted by Gasteiger charge is -2.22. The molecule has 1 N–H and O–H groups in total. The molecule has 2 aromatic carbocycles. The smallest absolute Gasteiger partial charge is 0.252 e. The Kier molecular flexibility index (Phi) is 7.55. The van der Waals surface area contributed by atoms with E-state index in [0.29, 0.717) is 30.9 Å². The van der Waals surface area contributed by atoms with Crippen LogP contribution in [0.25, 0.3) is 0 Å². The van der Waals surface area contributed by atoms with Gasteiger partial charge in [-0.05, 0) is 47.6 Å². The van der Waals surface area contributed by atoms with E-state index in [-0.39, 0.29) is 11.9 Å². The van der Waals surface area contributed by atoms with Crippen LogP contribution in [-0.2, 0) is 17.8 Å². The molecule has 156 valence electrons. The zero-order valence-electron chi connectivity index (χ0n) is 17.6. The lowest BCUT2D eigenvalue weighted by molar-refractivity contribution is -0.107. The van der Waals surface area contributed by atoms with E-state index in [1.807, 2.05) is 53.3 Å². The van der Waals surface area contributed by atoms with Crippen LogP contribution in [0.1, 0.15) is 59.8 Å². The van der Waals surface area contributed by atoms with Crippen molar-refractivity contribution in [3.63, 3.8) is 0 Å². The highest BCUT2D eigenvalue weighted by Crippen LogP contribution is 2.23. The molecule has 0 bridgehead atoms. The molecule has 1 amide bonds. The second-order valence-electron chi connectivity index (χ2n) is 7.97. The fraction of sp³-hybridized carbons (Fsp3) is 0.320. The van der Waals surface area contributed by atoms with Crippen LogP contribution in [-0.4, -0.2) is 22.0 Å². The van der Waals surface area contributed by atoms with Crippen molar-refractivity contribution in [1.82, 2.24) is 15.1 Å². The zero-order valence-corrected chi connectivity index (χ0v) is 17.6. The maximum absolute atomic E-state index is 13.3. The molecule has 0 aliphatic carbocycles. The van der Waals surface area contributed by atoms with Gasteiger partial charge in [-0.3, -0.25) is 9.48 Å². The number of aldehydes is 1. The van der Waals surface area contributed by atoms with Gasteiger partial charge in [-0.25, -0.2) is 0 Å². The number of benzene rings is 2. The van der Waals surface area contributed by atoms with Gasteiger partial charge in [0.2, 0.25) is 0 Å². The highest BCUT2D eigenvalue weighted by Gasteiger charge is 2.19. The summed E-state index contributed by atoms with van der Waals surface area (Å²) in [5, 5.41) is 7.48. The minimum Gasteiger partial charge on any atom is -0.345 e. The largest absolute Gasteiger partial charge is 0.345 e. The predicted octanol–water partition coefficient (Wildman–Crippen LogP) is 4.58. The molecule has 1 atom stereocenters. The predicted molar refractivity (Wildman–Crippen MR) is 118 cm³/mol. The summed E-state index contributed by atoms with van der Waals surface area (Å²) in [4.78, 5) is 24.2. The Balaban J connectivity index is 1.87. The van der Waals surface area contributed by atoms with Crippen LogP contribution in [0.4, 0.5) is 0 Å². The molecule has 3 aromatic rings. The summed E-state index contributed by atoms with van der Waals surface area (Å²) >= 11 is 0. The van der Waals surface area contributed by atoms with Crippen LogP contribution in [0.3, 0.4) is 0 Å². The van der Waals surface area contributed by atoms with Crippen molar-refractivity contribution in [2.45, 2.75) is 45.7 Å². The molecule has 1 unspecified atom stereocenters. The molecule has 1 aromatic heterocycles. The molecule has 0 spiro atoms. The fourth-order valence-electron chi connectivity index (χ4n) is 3.62. The molecule has 0 aliphatic rings.